The molecule has 1 unspecified atom stereocenters. The number of hydrogen-bond donors (Lipinski definition) is 1. The summed E-state index contributed by atoms with van der Waals surface area (Å²) in [4.78, 5) is 28.3. The number of anilines is 2. The monoisotopic (exact) mass is 347 g/mol. The number of nitrogens with one attached hydrogen (secondary N) is 1. The first kappa shape index (κ1) is 17.7. The average molecular weight is 347 g/mol. The van der Waals surface area contributed by atoms with E-state index in [1.165, 1.54) is 0 Å². The van der Waals surface area contributed by atoms with Crippen LogP contribution in [-0.2, 0) is 14.3 Å². The first-order valence-corrected chi connectivity index (χ1v) is 8.80. The minimum absolute atomic E-state index is 0.0558. The van der Waals surface area contributed by atoms with Gasteiger partial charge in [0.1, 0.15) is 5.75 Å². The number of carbonyl (C=O) groups is 2. The maximum absolute atomic E-state index is 12.6. The number of fused-ring (bicyclic) bond motifs is 1. The fourth-order valence-corrected chi connectivity index (χ4v) is 3.03. The summed E-state index contributed by atoms with van der Waals surface area (Å²) >= 11 is 0. The van der Waals surface area contributed by atoms with Gasteiger partial charge in [0.15, 0.2) is 6.10 Å². The first-order valence-electron chi connectivity index (χ1n) is 8.80. The maximum atomic E-state index is 12.6. The molecule has 2 aliphatic rings. The molecule has 1 aromatic carbocycles. The molecule has 7 nitrogen and oxygen atoms in total. The number of hydrogen-bond acceptors (Lipinski definition) is 5. The molecule has 2 heterocycles. The lowest BCUT2D eigenvalue weighted by Gasteiger charge is -2.35. The summed E-state index contributed by atoms with van der Waals surface area (Å²) in [6, 6.07) is 5.42. The summed E-state index contributed by atoms with van der Waals surface area (Å²) in [6.07, 6.45) is -0.0992. The maximum Gasteiger partial charge on any atom is 0.267 e. The van der Waals surface area contributed by atoms with Gasteiger partial charge in [0, 0.05) is 38.3 Å². The number of amides is 2. The van der Waals surface area contributed by atoms with E-state index in [0.29, 0.717) is 30.1 Å². The number of benzene rings is 1. The van der Waals surface area contributed by atoms with Crippen LogP contribution in [0.15, 0.2) is 18.2 Å². The van der Waals surface area contributed by atoms with Gasteiger partial charge < -0.3 is 19.7 Å². The highest BCUT2D eigenvalue weighted by Crippen LogP contribution is 2.36. The van der Waals surface area contributed by atoms with E-state index >= 15 is 0 Å². The van der Waals surface area contributed by atoms with Crippen molar-refractivity contribution in [3.05, 3.63) is 18.2 Å². The van der Waals surface area contributed by atoms with E-state index in [4.69, 9.17) is 9.47 Å². The highest BCUT2D eigenvalue weighted by molar-refractivity contribution is 6.01. The second kappa shape index (κ2) is 7.84. The Bertz CT molecular complexity index is 643. The molecule has 0 aliphatic carbocycles. The van der Waals surface area contributed by atoms with Crippen molar-refractivity contribution >= 4 is 23.2 Å². The predicted octanol–water partition coefficient (Wildman–Crippen LogP) is 1.48. The third-order valence-corrected chi connectivity index (χ3v) is 4.52. The topological polar surface area (TPSA) is 71.1 Å². The van der Waals surface area contributed by atoms with Crippen LogP contribution in [0, 0.1) is 0 Å². The first-order chi connectivity index (χ1) is 12.1. The smallest absolute Gasteiger partial charge is 0.267 e. The number of rotatable bonds is 5. The average Bonchev–Trinajstić information content (AvgIpc) is 2.63. The molecule has 7 heteroatoms. The van der Waals surface area contributed by atoms with Crippen molar-refractivity contribution in [3.8, 4) is 5.75 Å². The quantitative estimate of drug-likeness (QED) is 0.874. The van der Waals surface area contributed by atoms with Gasteiger partial charge in [-0.1, -0.05) is 6.92 Å². The summed E-state index contributed by atoms with van der Waals surface area (Å²) in [5.41, 5.74) is 1.39. The molecule has 0 aromatic heterocycles. The predicted molar refractivity (Wildman–Crippen MR) is 95.1 cm³/mol. The van der Waals surface area contributed by atoms with Gasteiger partial charge in [-0.2, -0.15) is 0 Å². The molecule has 1 N–H and O–H groups in total. The Morgan fingerprint density at radius 1 is 1.28 bits per heavy atom. The summed E-state index contributed by atoms with van der Waals surface area (Å²) in [5, 5.41) is 2.83. The van der Waals surface area contributed by atoms with E-state index in [1.54, 1.807) is 24.8 Å². The summed E-state index contributed by atoms with van der Waals surface area (Å²) in [5.74, 6) is 0.555. The third-order valence-electron chi connectivity index (χ3n) is 4.52. The van der Waals surface area contributed by atoms with Gasteiger partial charge in [-0.25, -0.2) is 0 Å². The Morgan fingerprint density at radius 2 is 2.04 bits per heavy atom. The van der Waals surface area contributed by atoms with Crippen LogP contribution >= 0.6 is 0 Å². The minimum Gasteiger partial charge on any atom is -0.479 e. The summed E-state index contributed by atoms with van der Waals surface area (Å²) in [6.45, 7) is 8.17. The van der Waals surface area contributed by atoms with E-state index in [0.717, 1.165) is 32.8 Å². The SMILES string of the molecule is CCC(=O)Nc1ccc2c(c1)N(CCN1CCOCC1)C(=O)C(C)O2. The van der Waals surface area contributed by atoms with Crippen LogP contribution in [0.5, 0.6) is 5.75 Å². The van der Waals surface area contributed by atoms with Crippen LogP contribution in [-0.4, -0.2) is 62.2 Å². The summed E-state index contributed by atoms with van der Waals surface area (Å²) < 4.78 is 11.1. The number of nitrogens with zero attached hydrogens (tertiary/aromatic N) is 2. The zero-order valence-corrected chi connectivity index (χ0v) is 14.8. The molecule has 3 rings (SSSR count). The largest absolute Gasteiger partial charge is 0.479 e. The lowest BCUT2D eigenvalue weighted by atomic mass is 10.1. The van der Waals surface area contributed by atoms with Crippen molar-refractivity contribution in [2.24, 2.45) is 0 Å². The molecule has 1 aromatic rings. The van der Waals surface area contributed by atoms with Crippen LogP contribution < -0.4 is 15.0 Å². The van der Waals surface area contributed by atoms with Crippen LogP contribution in [0.3, 0.4) is 0 Å². The van der Waals surface area contributed by atoms with Crippen molar-refractivity contribution in [1.82, 2.24) is 4.90 Å². The molecule has 0 spiro atoms. The van der Waals surface area contributed by atoms with Crippen molar-refractivity contribution in [1.29, 1.82) is 0 Å². The van der Waals surface area contributed by atoms with Gasteiger partial charge in [-0.15, -0.1) is 0 Å². The molecule has 136 valence electrons. The van der Waals surface area contributed by atoms with E-state index in [1.807, 2.05) is 12.1 Å². The molecule has 1 saturated heterocycles. The zero-order chi connectivity index (χ0) is 17.8. The Balaban J connectivity index is 1.78. The van der Waals surface area contributed by atoms with Gasteiger partial charge in [0.05, 0.1) is 18.9 Å². The molecular weight excluding hydrogens is 322 g/mol. The van der Waals surface area contributed by atoms with Gasteiger partial charge in [0.2, 0.25) is 5.91 Å². The van der Waals surface area contributed by atoms with Gasteiger partial charge in [-0.3, -0.25) is 14.5 Å². The number of morpholine rings is 1. The lowest BCUT2D eigenvalue weighted by molar-refractivity contribution is -0.125. The Morgan fingerprint density at radius 3 is 2.76 bits per heavy atom. The van der Waals surface area contributed by atoms with Gasteiger partial charge in [0.25, 0.3) is 5.91 Å². The van der Waals surface area contributed by atoms with Crippen LogP contribution in [0.2, 0.25) is 0 Å². The molecule has 0 bridgehead atoms. The van der Waals surface area contributed by atoms with Crippen LogP contribution in [0.1, 0.15) is 20.3 Å². The molecule has 0 radical (unpaired) electrons. The highest BCUT2D eigenvalue weighted by Gasteiger charge is 2.32. The van der Waals surface area contributed by atoms with Crippen molar-refractivity contribution in [3.63, 3.8) is 0 Å². The minimum atomic E-state index is -0.506. The Hall–Kier alpha value is -2.12. The fourth-order valence-electron chi connectivity index (χ4n) is 3.03. The lowest BCUT2D eigenvalue weighted by Crippen LogP contribution is -2.48. The molecule has 2 amide bonds. The normalized spacial score (nSPS) is 20.8. The summed E-state index contributed by atoms with van der Waals surface area (Å²) in [7, 11) is 0. The third kappa shape index (κ3) is 4.11. The van der Waals surface area contributed by atoms with Crippen molar-refractivity contribution in [2.75, 3.05) is 49.6 Å². The molecule has 1 fully saturated rings. The van der Waals surface area contributed by atoms with Gasteiger partial charge >= 0.3 is 0 Å². The molecule has 25 heavy (non-hydrogen) atoms. The van der Waals surface area contributed by atoms with Gasteiger partial charge in [-0.05, 0) is 25.1 Å². The van der Waals surface area contributed by atoms with E-state index in [2.05, 4.69) is 10.2 Å². The van der Waals surface area contributed by atoms with E-state index < -0.39 is 6.10 Å². The molecule has 1 atom stereocenters. The number of carbonyl (C=O) groups excluding carboxylic acids is 2. The second-order valence-corrected chi connectivity index (χ2v) is 6.29. The second-order valence-electron chi connectivity index (χ2n) is 6.29. The number of ether oxygens (including phenoxy) is 2. The standard InChI is InChI=1S/C18H25N3O4/c1-3-17(22)19-14-4-5-16-15(12-14)21(18(23)13(2)25-16)7-6-20-8-10-24-11-9-20/h4-5,12-13H,3,6-11H2,1-2H3,(H,19,22). The molecule has 2 aliphatic heterocycles. The van der Waals surface area contributed by atoms with Crippen LogP contribution in [0.4, 0.5) is 11.4 Å². The zero-order valence-electron chi connectivity index (χ0n) is 14.8. The van der Waals surface area contributed by atoms with Crippen molar-refractivity contribution in [2.45, 2.75) is 26.4 Å². The highest BCUT2D eigenvalue weighted by atomic mass is 16.5. The van der Waals surface area contributed by atoms with Crippen molar-refractivity contribution < 1.29 is 19.1 Å². The molecule has 0 saturated carbocycles. The van der Waals surface area contributed by atoms with Crippen LogP contribution in [0.25, 0.3) is 0 Å². The molecular formula is C18H25N3O4. The Labute approximate surface area is 147 Å². The Kier molecular flexibility index (Phi) is 5.55. The van der Waals surface area contributed by atoms with E-state index in [-0.39, 0.29) is 11.8 Å². The van der Waals surface area contributed by atoms with E-state index in [9.17, 15) is 9.59 Å². The fraction of sp³-hybridized carbons (Fsp3) is 0.556.